The Labute approximate surface area is 121 Å². The molecule has 1 aromatic carbocycles. The maximum Gasteiger partial charge on any atom is 0.299 e. The number of carbonyl (C=O) groups is 2. The van der Waals surface area contributed by atoms with Gasteiger partial charge in [-0.1, -0.05) is 28.4 Å². The van der Waals surface area contributed by atoms with E-state index in [4.69, 9.17) is 0 Å². The van der Waals surface area contributed by atoms with Crippen molar-refractivity contribution in [2.75, 3.05) is 11.4 Å². The summed E-state index contributed by atoms with van der Waals surface area (Å²) in [5.41, 5.74) is 1.24. The average Bonchev–Trinajstić information content (AvgIpc) is 2.63. The molecule has 0 fully saturated rings. The number of rotatable bonds is 6. The Morgan fingerprint density at radius 2 is 2.00 bits per heavy atom. The molecule has 0 spiro atoms. The van der Waals surface area contributed by atoms with E-state index in [1.54, 1.807) is 17.0 Å². The molecule has 4 heteroatoms. The molecule has 0 N–H and O–H groups in total. The van der Waals surface area contributed by atoms with Crippen LogP contribution >= 0.6 is 15.9 Å². The third-order valence-corrected chi connectivity index (χ3v) is 3.72. The van der Waals surface area contributed by atoms with Crippen LogP contribution in [0.4, 0.5) is 5.69 Å². The zero-order valence-corrected chi connectivity index (χ0v) is 12.3. The second-order valence-electron chi connectivity index (χ2n) is 4.59. The molecule has 0 radical (unpaired) electrons. The van der Waals surface area contributed by atoms with Crippen LogP contribution < -0.4 is 4.90 Å². The Morgan fingerprint density at radius 1 is 1.21 bits per heavy atom. The van der Waals surface area contributed by atoms with Crippen LogP contribution in [0.1, 0.15) is 36.0 Å². The molecule has 1 heterocycles. The molecule has 1 aromatic rings. The van der Waals surface area contributed by atoms with E-state index in [0.717, 1.165) is 35.8 Å². The lowest BCUT2D eigenvalue weighted by Crippen LogP contribution is -2.30. The molecule has 19 heavy (non-hydrogen) atoms. The first-order valence-corrected chi connectivity index (χ1v) is 7.21. The summed E-state index contributed by atoms with van der Waals surface area (Å²) in [6.45, 7) is 4.29. The topological polar surface area (TPSA) is 37.4 Å². The molecule has 1 aliphatic rings. The lowest BCUT2D eigenvalue weighted by molar-refractivity contribution is -0.114. The molecular weight excluding hydrogens is 306 g/mol. The number of unbranched alkanes of at least 4 members (excludes halogenated alkanes) is 3. The van der Waals surface area contributed by atoms with Crippen LogP contribution in [0.5, 0.6) is 0 Å². The van der Waals surface area contributed by atoms with Crippen LogP contribution in [0.3, 0.4) is 0 Å². The first-order chi connectivity index (χ1) is 9.15. The van der Waals surface area contributed by atoms with Gasteiger partial charge in [0.15, 0.2) is 0 Å². The predicted molar refractivity (Wildman–Crippen MR) is 79.5 cm³/mol. The van der Waals surface area contributed by atoms with E-state index in [9.17, 15) is 9.59 Å². The van der Waals surface area contributed by atoms with Gasteiger partial charge in [-0.15, -0.1) is 6.58 Å². The van der Waals surface area contributed by atoms with Crippen molar-refractivity contribution in [3.63, 3.8) is 0 Å². The highest BCUT2D eigenvalue weighted by molar-refractivity contribution is 9.10. The Bertz CT molecular complexity index is 525. The lowest BCUT2D eigenvalue weighted by Gasteiger charge is -2.16. The minimum absolute atomic E-state index is 0.395. The van der Waals surface area contributed by atoms with Gasteiger partial charge in [0.05, 0.1) is 11.3 Å². The number of fused-ring (bicyclic) bond motifs is 1. The van der Waals surface area contributed by atoms with E-state index >= 15 is 0 Å². The van der Waals surface area contributed by atoms with E-state index in [1.165, 1.54) is 0 Å². The summed E-state index contributed by atoms with van der Waals surface area (Å²) in [5.74, 6) is -0.801. The maximum atomic E-state index is 11.9. The summed E-state index contributed by atoms with van der Waals surface area (Å²) in [4.78, 5) is 25.4. The second kappa shape index (κ2) is 6.15. The number of Topliss-reactive ketones (excluding diaryl/α,β-unsaturated/α-hetero) is 1. The Balaban J connectivity index is 2.05. The zero-order chi connectivity index (χ0) is 13.8. The standard InChI is InChI=1S/C15H16BrNO2/c1-2-3-4-5-6-9-17-13-10-11(16)7-8-12(13)14(18)15(17)19/h2,7-8,10H,1,3-6,9H2. The highest BCUT2D eigenvalue weighted by atomic mass is 79.9. The minimum atomic E-state index is -0.406. The highest BCUT2D eigenvalue weighted by Crippen LogP contribution is 2.31. The van der Waals surface area contributed by atoms with Crippen LogP contribution in [-0.4, -0.2) is 18.2 Å². The van der Waals surface area contributed by atoms with Gasteiger partial charge >= 0.3 is 0 Å². The van der Waals surface area contributed by atoms with Crippen molar-refractivity contribution in [2.24, 2.45) is 0 Å². The normalized spacial score (nSPS) is 13.8. The Kier molecular flexibility index (Phi) is 4.53. The van der Waals surface area contributed by atoms with Crippen molar-refractivity contribution in [1.29, 1.82) is 0 Å². The van der Waals surface area contributed by atoms with Crippen molar-refractivity contribution in [2.45, 2.75) is 25.7 Å². The molecule has 0 saturated heterocycles. The van der Waals surface area contributed by atoms with Crippen molar-refractivity contribution in [1.82, 2.24) is 0 Å². The number of ketones is 1. The number of nitrogens with zero attached hydrogens (tertiary/aromatic N) is 1. The van der Waals surface area contributed by atoms with Crippen LogP contribution in [0.15, 0.2) is 35.3 Å². The fourth-order valence-electron chi connectivity index (χ4n) is 2.22. The van der Waals surface area contributed by atoms with Crippen molar-refractivity contribution in [3.05, 3.63) is 40.9 Å². The van der Waals surface area contributed by atoms with E-state index < -0.39 is 11.7 Å². The molecule has 0 atom stereocenters. The number of amides is 1. The van der Waals surface area contributed by atoms with E-state index in [2.05, 4.69) is 22.5 Å². The Morgan fingerprint density at radius 3 is 2.74 bits per heavy atom. The molecule has 100 valence electrons. The third kappa shape index (κ3) is 2.95. The van der Waals surface area contributed by atoms with Crippen molar-refractivity contribution in [3.8, 4) is 0 Å². The second-order valence-corrected chi connectivity index (χ2v) is 5.50. The number of hydrogen-bond donors (Lipinski definition) is 0. The number of allylic oxidation sites excluding steroid dienone is 1. The van der Waals surface area contributed by atoms with E-state index in [-0.39, 0.29) is 0 Å². The van der Waals surface area contributed by atoms with Crippen LogP contribution in [-0.2, 0) is 4.79 Å². The summed E-state index contributed by atoms with van der Waals surface area (Å²) in [5, 5.41) is 0. The average molecular weight is 322 g/mol. The summed E-state index contributed by atoms with van der Waals surface area (Å²) < 4.78 is 0.880. The minimum Gasteiger partial charge on any atom is -0.305 e. The quantitative estimate of drug-likeness (QED) is 0.455. The van der Waals surface area contributed by atoms with Crippen LogP contribution in [0.2, 0.25) is 0 Å². The summed E-state index contributed by atoms with van der Waals surface area (Å²) >= 11 is 3.37. The highest BCUT2D eigenvalue weighted by Gasteiger charge is 2.35. The predicted octanol–water partition coefficient (Wildman–Crippen LogP) is 3.72. The van der Waals surface area contributed by atoms with Gasteiger partial charge in [0.25, 0.3) is 11.7 Å². The smallest absolute Gasteiger partial charge is 0.299 e. The molecule has 1 aliphatic heterocycles. The molecular formula is C15H16BrNO2. The molecule has 3 nitrogen and oxygen atoms in total. The van der Waals surface area contributed by atoms with Gasteiger partial charge in [0, 0.05) is 11.0 Å². The molecule has 0 bridgehead atoms. The van der Waals surface area contributed by atoms with Crippen LogP contribution in [0, 0.1) is 0 Å². The van der Waals surface area contributed by atoms with Gasteiger partial charge in [0.2, 0.25) is 0 Å². The molecule has 2 rings (SSSR count). The fraction of sp³-hybridized carbons (Fsp3) is 0.333. The monoisotopic (exact) mass is 321 g/mol. The van der Waals surface area contributed by atoms with Gasteiger partial charge in [-0.25, -0.2) is 0 Å². The summed E-state index contributed by atoms with van der Waals surface area (Å²) in [6, 6.07) is 5.33. The SMILES string of the molecule is C=CCCCCCN1C(=O)C(=O)c2ccc(Br)cc21. The van der Waals surface area contributed by atoms with Gasteiger partial charge in [0.1, 0.15) is 0 Å². The van der Waals surface area contributed by atoms with Gasteiger partial charge < -0.3 is 4.90 Å². The largest absolute Gasteiger partial charge is 0.305 e. The third-order valence-electron chi connectivity index (χ3n) is 3.22. The van der Waals surface area contributed by atoms with Crippen LogP contribution in [0.25, 0.3) is 0 Å². The van der Waals surface area contributed by atoms with E-state index in [0.29, 0.717) is 12.1 Å². The molecule has 1 amide bonds. The summed E-state index contributed by atoms with van der Waals surface area (Å²) in [7, 11) is 0. The molecule has 0 unspecified atom stereocenters. The fourth-order valence-corrected chi connectivity index (χ4v) is 2.57. The zero-order valence-electron chi connectivity index (χ0n) is 10.7. The number of benzene rings is 1. The first kappa shape index (κ1) is 14.0. The number of carbonyl (C=O) groups excluding carboxylic acids is 2. The van der Waals surface area contributed by atoms with Gasteiger partial charge in [-0.2, -0.15) is 0 Å². The number of anilines is 1. The molecule has 0 aliphatic carbocycles. The number of halogens is 1. The van der Waals surface area contributed by atoms with Gasteiger partial charge in [-0.05, 0) is 37.5 Å². The Hall–Kier alpha value is -1.42. The van der Waals surface area contributed by atoms with Crippen molar-refractivity contribution < 1.29 is 9.59 Å². The molecule has 0 aromatic heterocycles. The van der Waals surface area contributed by atoms with E-state index in [1.807, 2.05) is 12.1 Å². The van der Waals surface area contributed by atoms with Gasteiger partial charge in [-0.3, -0.25) is 9.59 Å². The van der Waals surface area contributed by atoms with Crippen molar-refractivity contribution >= 4 is 33.3 Å². The first-order valence-electron chi connectivity index (χ1n) is 6.42. The number of hydrogen-bond acceptors (Lipinski definition) is 2. The maximum absolute atomic E-state index is 11.9. The summed E-state index contributed by atoms with van der Waals surface area (Å²) in [6.07, 6.45) is 5.91. The molecule has 0 saturated carbocycles. The lowest BCUT2D eigenvalue weighted by atomic mass is 10.1.